The van der Waals surface area contributed by atoms with E-state index in [1.807, 2.05) is 61.6 Å². The van der Waals surface area contributed by atoms with Gasteiger partial charge in [-0.3, -0.25) is 4.72 Å². The molecule has 0 amide bonds. The molecule has 122 valence electrons. The van der Waals surface area contributed by atoms with Crippen LogP contribution in [0.15, 0.2) is 47.4 Å². The predicted octanol–water partition coefficient (Wildman–Crippen LogP) is 4.58. The van der Waals surface area contributed by atoms with Crippen molar-refractivity contribution < 1.29 is 8.42 Å². The normalized spacial score (nSPS) is 15.7. The van der Waals surface area contributed by atoms with Gasteiger partial charge in [-0.25, -0.2) is 8.42 Å². The lowest BCUT2D eigenvalue weighted by molar-refractivity contribution is 0.600. The predicted molar refractivity (Wildman–Crippen MR) is 101 cm³/mol. The Bertz CT molecular complexity index is 812. The van der Waals surface area contributed by atoms with Gasteiger partial charge in [-0.15, -0.1) is 23.5 Å². The molecule has 2 aromatic carbocycles. The fourth-order valence-corrected chi connectivity index (χ4v) is 6.73. The van der Waals surface area contributed by atoms with Gasteiger partial charge in [0, 0.05) is 17.2 Å². The molecule has 0 bridgehead atoms. The number of rotatable bonds is 4. The second-order valence-electron chi connectivity index (χ2n) is 5.57. The summed E-state index contributed by atoms with van der Waals surface area (Å²) in [5, 5.41) is 0. The highest BCUT2D eigenvalue weighted by molar-refractivity contribution is 8.19. The molecular weight excluding hydrogens is 346 g/mol. The molecule has 1 heterocycles. The fourth-order valence-electron chi connectivity index (χ4n) is 2.61. The second-order valence-corrected chi connectivity index (χ2v) is 9.95. The van der Waals surface area contributed by atoms with E-state index in [2.05, 4.69) is 10.8 Å². The second kappa shape index (κ2) is 6.79. The summed E-state index contributed by atoms with van der Waals surface area (Å²) in [4.78, 5) is 0.332. The van der Waals surface area contributed by atoms with Crippen LogP contribution in [-0.4, -0.2) is 19.9 Å². The minimum absolute atomic E-state index is 0.332. The van der Waals surface area contributed by atoms with Crippen molar-refractivity contribution >= 4 is 39.2 Å². The Labute approximate surface area is 146 Å². The molecule has 0 radical (unpaired) electrons. The molecule has 3 nitrogen and oxygen atoms in total. The molecule has 0 aliphatic carbocycles. The van der Waals surface area contributed by atoms with Gasteiger partial charge in [-0.1, -0.05) is 29.8 Å². The highest BCUT2D eigenvalue weighted by Crippen LogP contribution is 2.45. The van der Waals surface area contributed by atoms with E-state index in [1.165, 1.54) is 5.56 Å². The summed E-state index contributed by atoms with van der Waals surface area (Å²) in [6.07, 6.45) is 0. The molecule has 1 aliphatic heterocycles. The number of aryl methyl sites for hydroxylation is 2. The number of hydrogen-bond acceptors (Lipinski definition) is 4. The van der Waals surface area contributed by atoms with Crippen LogP contribution in [0.2, 0.25) is 0 Å². The van der Waals surface area contributed by atoms with Gasteiger partial charge in [-0.05, 0) is 43.2 Å². The average Bonchev–Trinajstić information content (AvgIpc) is 3.00. The molecule has 0 aromatic heterocycles. The third kappa shape index (κ3) is 3.87. The lowest BCUT2D eigenvalue weighted by atomic mass is 10.2. The molecule has 3 rings (SSSR count). The molecule has 0 unspecified atom stereocenters. The van der Waals surface area contributed by atoms with E-state index in [-0.39, 0.29) is 0 Å². The van der Waals surface area contributed by atoms with Gasteiger partial charge in [0.15, 0.2) is 0 Å². The van der Waals surface area contributed by atoms with Crippen molar-refractivity contribution in [3.05, 3.63) is 59.2 Å². The van der Waals surface area contributed by atoms with Crippen LogP contribution in [0.5, 0.6) is 0 Å². The van der Waals surface area contributed by atoms with E-state index in [1.54, 1.807) is 12.1 Å². The van der Waals surface area contributed by atoms with Crippen molar-refractivity contribution in [3.63, 3.8) is 0 Å². The number of benzene rings is 2. The molecule has 1 saturated heterocycles. The molecule has 0 atom stereocenters. The Kier molecular flexibility index (Phi) is 4.94. The highest BCUT2D eigenvalue weighted by Gasteiger charge is 2.20. The summed E-state index contributed by atoms with van der Waals surface area (Å²) < 4.78 is 28.4. The number of sulfonamides is 1. The Hall–Kier alpha value is -1.11. The van der Waals surface area contributed by atoms with Crippen LogP contribution in [0, 0.1) is 13.8 Å². The average molecular weight is 366 g/mol. The maximum atomic E-state index is 12.6. The molecule has 2 aromatic rings. The van der Waals surface area contributed by atoms with E-state index in [0.29, 0.717) is 15.2 Å². The molecule has 1 fully saturated rings. The standard InChI is InChI=1S/C17H19NO2S3/c1-12-6-7-16(13(2)10-12)23(19,20)18-15-5-3-4-14(11-15)17-21-8-9-22-17/h3-7,10-11,17-18H,8-9H2,1-2H3. The summed E-state index contributed by atoms with van der Waals surface area (Å²) >= 11 is 3.82. The molecule has 6 heteroatoms. The lowest BCUT2D eigenvalue weighted by Gasteiger charge is -2.13. The first-order valence-electron chi connectivity index (χ1n) is 7.39. The molecule has 0 saturated carbocycles. The van der Waals surface area contributed by atoms with Crippen molar-refractivity contribution in [2.45, 2.75) is 23.3 Å². The zero-order valence-corrected chi connectivity index (χ0v) is 15.5. The van der Waals surface area contributed by atoms with Crippen LogP contribution in [0.25, 0.3) is 0 Å². The third-order valence-electron chi connectivity index (χ3n) is 3.65. The maximum absolute atomic E-state index is 12.6. The quantitative estimate of drug-likeness (QED) is 0.861. The Morgan fingerprint density at radius 2 is 1.78 bits per heavy atom. The minimum Gasteiger partial charge on any atom is -0.280 e. The van der Waals surface area contributed by atoms with Crippen molar-refractivity contribution in [2.75, 3.05) is 16.2 Å². The molecule has 23 heavy (non-hydrogen) atoms. The minimum atomic E-state index is -3.56. The summed E-state index contributed by atoms with van der Waals surface area (Å²) in [5.74, 6) is 2.29. The number of thioether (sulfide) groups is 2. The van der Waals surface area contributed by atoms with Gasteiger partial charge in [0.2, 0.25) is 0 Å². The first-order valence-corrected chi connectivity index (χ1v) is 11.0. The zero-order valence-electron chi connectivity index (χ0n) is 13.1. The molecular formula is C17H19NO2S3. The summed E-state index contributed by atoms with van der Waals surface area (Å²) in [5.41, 5.74) is 3.60. The Balaban J connectivity index is 1.87. The van der Waals surface area contributed by atoms with Crippen LogP contribution >= 0.6 is 23.5 Å². The third-order valence-corrected chi connectivity index (χ3v) is 8.30. The Morgan fingerprint density at radius 1 is 1.04 bits per heavy atom. The lowest BCUT2D eigenvalue weighted by Crippen LogP contribution is -2.14. The van der Waals surface area contributed by atoms with Crippen molar-refractivity contribution in [3.8, 4) is 0 Å². The van der Waals surface area contributed by atoms with Crippen LogP contribution in [0.3, 0.4) is 0 Å². The van der Waals surface area contributed by atoms with Gasteiger partial charge < -0.3 is 0 Å². The maximum Gasteiger partial charge on any atom is 0.262 e. The monoisotopic (exact) mass is 365 g/mol. The van der Waals surface area contributed by atoms with E-state index in [0.717, 1.165) is 22.6 Å². The smallest absolute Gasteiger partial charge is 0.262 e. The van der Waals surface area contributed by atoms with Crippen LogP contribution in [0.1, 0.15) is 21.3 Å². The van der Waals surface area contributed by atoms with E-state index in [4.69, 9.17) is 0 Å². The molecule has 0 spiro atoms. The zero-order chi connectivity index (χ0) is 16.4. The molecule has 1 aliphatic rings. The number of hydrogen-bond donors (Lipinski definition) is 1. The fraction of sp³-hybridized carbons (Fsp3) is 0.294. The summed E-state index contributed by atoms with van der Waals surface area (Å²) in [6, 6.07) is 13.1. The van der Waals surface area contributed by atoms with Crippen LogP contribution in [0.4, 0.5) is 5.69 Å². The van der Waals surface area contributed by atoms with Crippen LogP contribution < -0.4 is 4.72 Å². The van der Waals surface area contributed by atoms with E-state index < -0.39 is 10.0 Å². The first kappa shape index (κ1) is 16.7. The van der Waals surface area contributed by atoms with Crippen molar-refractivity contribution in [2.24, 2.45) is 0 Å². The summed E-state index contributed by atoms with van der Waals surface area (Å²) in [6.45, 7) is 3.78. The first-order chi connectivity index (χ1) is 11.0. The van der Waals surface area contributed by atoms with Gasteiger partial charge in [0.05, 0.1) is 9.48 Å². The van der Waals surface area contributed by atoms with Crippen LogP contribution in [-0.2, 0) is 10.0 Å². The highest BCUT2D eigenvalue weighted by atomic mass is 32.2. The molecule has 1 N–H and O–H groups in total. The van der Waals surface area contributed by atoms with Crippen molar-refractivity contribution in [1.29, 1.82) is 0 Å². The van der Waals surface area contributed by atoms with Gasteiger partial charge in [-0.2, -0.15) is 0 Å². The number of anilines is 1. The number of nitrogens with one attached hydrogen (secondary N) is 1. The van der Waals surface area contributed by atoms with Crippen molar-refractivity contribution in [1.82, 2.24) is 0 Å². The SMILES string of the molecule is Cc1ccc(S(=O)(=O)Nc2cccc(C3SCCS3)c2)c(C)c1. The van der Waals surface area contributed by atoms with E-state index in [9.17, 15) is 8.42 Å². The van der Waals surface area contributed by atoms with Gasteiger partial charge in [0.1, 0.15) is 0 Å². The summed E-state index contributed by atoms with van der Waals surface area (Å²) in [7, 11) is -3.56. The largest absolute Gasteiger partial charge is 0.280 e. The topological polar surface area (TPSA) is 46.2 Å². The van der Waals surface area contributed by atoms with E-state index >= 15 is 0 Å². The van der Waals surface area contributed by atoms with Gasteiger partial charge >= 0.3 is 0 Å². The Morgan fingerprint density at radius 3 is 2.48 bits per heavy atom. The van der Waals surface area contributed by atoms with Gasteiger partial charge in [0.25, 0.3) is 10.0 Å².